The number of nitrogens with zero attached hydrogens (tertiary/aromatic N) is 3. The first-order valence-corrected chi connectivity index (χ1v) is 13.4. The fraction of sp³-hybridized carbons (Fsp3) is 0.100. The van der Waals surface area contributed by atoms with Crippen LogP contribution in [0.3, 0.4) is 0 Å². The van der Waals surface area contributed by atoms with E-state index in [1.54, 1.807) is 54.6 Å². The first-order valence-electron chi connectivity index (χ1n) is 12.6. The Balaban J connectivity index is 1.49. The zero-order valence-corrected chi connectivity index (χ0v) is 23.6. The number of amides is 2. The van der Waals surface area contributed by atoms with Gasteiger partial charge in [0.1, 0.15) is 17.9 Å². The van der Waals surface area contributed by atoms with Crippen molar-refractivity contribution in [1.82, 2.24) is 15.0 Å². The minimum Gasteiger partial charge on any atom is -0.465 e. The van der Waals surface area contributed by atoms with Gasteiger partial charge in [0.15, 0.2) is 11.4 Å². The third-order valence-electron chi connectivity index (χ3n) is 6.04. The summed E-state index contributed by atoms with van der Waals surface area (Å²) in [5, 5.41) is 18.1. The minimum atomic E-state index is -1.16. The number of carboxylic acid groups (broad SMARTS) is 1. The lowest BCUT2D eigenvalue weighted by Gasteiger charge is -2.16. The third kappa shape index (κ3) is 6.76. The fourth-order valence-electron chi connectivity index (χ4n) is 3.96. The molecule has 206 valence electrons. The smallest absolute Gasteiger partial charge is 0.409 e. The van der Waals surface area contributed by atoms with Gasteiger partial charge in [0.25, 0.3) is 5.91 Å². The number of halogens is 1. The Morgan fingerprint density at radius 2 is 1.59 bits per heavy atom. The molecule has 0 aliphatic carbocycles. The number of nitrogens with one attached hydrogen (secondary N) is 3. The van der Waals surface area contributed by atoms with Crippen LogP contribution in [0.2, 0.25) is 0 Å². The molecule has 0 spiro atoms. The van der Waals surface area contributed by atoms with Crippen molar-refractivity contribution >= 4 is 61.8 Å². The second-order valence-electron chi connectivity index (χ2n) is 9.34. The molecule has 0 fully saturated rings. The number of carbonyl (C=O) groups excluding carboxylic acids is 1. The molecule has 0 saturated heterocycles. The molecule has 41 heavy (non-hydrogen) atoms. The van der Waals surface area contributed by atoms with Gasteiger partial charge in [-0.05, 0) is 84.8 Å². The highest BCUT2D eigenvalue weighted by atomic mass is 79.9. The monoisotopic (exact) mass is 612 g/mol. The average Bonchev–Trinajstić information content (AvgIpc) is 2.95. The molecule has 11 heteroatoms. The molecular formula is C30H25BrN6O4. The van der Waals surface area contributed by atoms with E-state index in [0.717, 1.165) is 10.2 Å². The summed E-state index contributed by atoms with van der Waals surface area (Å²) in [4.78, 5) is 37.5. The van der Waals surface area contributed by atoms with E-state index in [1.165, 1.54) is 6.33 Å². The van der Waals surface area contributed by atoms with E-state index in [0.29, 0.717) is 51.0 Å². The summed E-state index contributed by atoms with van der Waals surface area (Å²) in [6.07, 6.45) is 0.273. The number of hydrogen-bond acceptors (Lipinski definition) is 7. The van der Waals surface area contributed by atoms with Crippen molar-refractivity contribution in [3.8, 4) is 11.5 Å². The van der Waals surface area contributed by atoms with Crippen LogP contribution in [0.1, 0.15) is 35.8 Å². The molecule has 0 unspecified atom stereocenters. The van der Waals surface area contributed by atoms with Crippen LogP contribution in [-0.2, 0) is 0 Å². The summed E-state index contributed by atoms with van der Waals surface area (Å²) in [5.41, 5.74) is 3.39. The molecule has 2 amide bonds. The van der Waals surface area contributed by atoms with Gasteiger partial charge < -0.3 is 20.5 Å². The van der Waals surface area contributed by atoms with Gasteiger partial charge in [-0.2, -0.15) is 0 Å². The van der Waals surface area contributed by atoms with Gasteiger partial charge in [0.05, 0.1) is 11.1 Å². The highest BCUT2D eigenvalue weighted by Gasteiger charge is 2.15. The van der Waals surface area contributed by atoms with Crippen molar-refractivity contribution in [1.29, 1.82) is 0 Å². The van der Waals surface area contributed by atoms with E-state index in [-0.39, 0.29) is 11.8 Å². The van der Waals surface area contributed by atoms with Crippen LogP contribution in [0.5, 0.6) is 11.5 Å². The number of aromatic nitrogens is 3. The lowest BCUT2D eigenvalue weighted by molar-refractivity contribution is 0.102. The molecule has 2 aromatic heterocycles. The predicted molar refractivity (Wildman–Crippen MR) is 161 cm³/mol. The summed E-state index contributed by atoms with van der Waals surface area (Å²) in [5.74, 6) is 1.31. The summed E-state index contributed by atoms with van der Waals surface area (Å²) in [6.45, 7) is 4.13. The molecular weight excluding hydrogens is 588 g/mol. The number of carbonyl (C=O) groups is 2. The van der Waals surface area contributed by atoms with E-state index in [4.69, 9.17) is 9.84 Å². The summed E-state index contributed by atoms with van der Waals surface area (Å²) >= 11 is 3.40. The average molecular weight is 613 g/mol. The van der Waals surface area contributed by atoms with E-state index in [2.05, 4.69) is 60.7 Å². The number of pyridine rings is 1. The van der Waals surface area contributed by atoms with Gasteiger partial charge in [0, 0.05) is 27.1 Å². The molecule has 0 bridgehead atoms. The van der Waals surface area contributed by atoms with Crippen LogP contribution < -0.4 is 20.7 Å². The number of ether oxygens (including phenoxy) is 1. The van der Waals surface area contributed by atoms with Gasteiger partial charge in [-0.1, -0.05) is 29.8 Å². The zero-order valence-electron chi connectivity index (χ0n) is 22.1. The molecule has 5 aromatic rings. The molecule has 5 rings (SSSR count). The summed E-state index contributed by atoms with van der Waals surface area (Å²) < 4.78 is 7.04. The maximum absolute atomic E-state index is 13.1. The van der Waals surface area contributed by atoms with E-state index >= 15 is 0 Å². The van der Waals surface area contributed by atoms with Crippen LogP contribution >= 0.6 is 15.9 Å². The normalized spacial score (nSPS) is 10.8. The maximum Gasteiger partial charge on any atom is 0.409 e. The van der Waals surface area contributed by atoms with Crippen LogP contribution in [0.25, 0.3) is 11.0 Å². The van der Waals surface area contributed by atoms with E-state index < -0.39 is 6.09 Å². The molecule has 0 saturated carbocycles. The lowest BCUT2D eigenvalue weighted by atomic mass is 10.1. The summed E-state index contributed by atoms with van der Waals surface area (Å²) in [7, 11) is 0. The Labute approximate surface area is 244 Å². The SMILES string of the molecule is CC(C)c1ccc2c(Nc3cc(C(=O)Nc4ccc(Br)cc4)ccc3Oc3ccc(NC(=O)O)cc3)ncnc2n1. The van der Waals surface area contributed by atoms with Crippen molar-refractivity contribution in [2.24, 2.45) is 0 Å². The standard InChI is InChI=1S/C30H25BrN6O4/c1-17(2)24-13-12-23-27(36-24)32-16-33-28(23)37-25-15-18(29(38)34-20-6-4-19(31)5-7-20)3-14-26(25)41-22-10-8-21(9-11-22)35-30(39)40/h3-17,35H,1-2H3,(H,34,38)(H,39,40)(H,32,33,36,37). The minimum absolute atomic E-state index is 0.240. The van der Waals surface area contributed by atoms with E-state index in [1.807, 2.05) is 24.3 Å². The van der Waals surface area contributed by atoms with Crippen molar-refractivity contribution in [2.45, 2.75) is 19.8 Å². The van der Waals surface area contributed by atoms with Crippen molar-refractivity contribution in [3.63, 3.8) is 0 Å². The number of anilines is 4. The second kappa shape index (κ2) is 12.0. The number of fused-ring (bicyclic) bond motifs is 1. The fourth-order valence-corrected chi connectivity index (χ4v) is 4.22. The molecule has 10 nitrogen and oxygen atoms in total. The highest BCUT2D eigenvalue weighted by Crippen LogP contribution is 2.35. The van der Waals surface area contributed by atoms with Crippen molar-refractivity contribution < 1.29 is 19.4 Å². The van der Waals surface area contributed by atoms with Gasteiger partial charge in [-0.15, -0.1) is 0 Å². The second-order valence-corrected chi connectivity index (χ2v) is 10.3. The van der Waals surface area contributed by atoms with Crippen molar-refractivity contribution in [2.75, 3.05) is 16.0 Å². The number of rotatable bonds is 8. The Hall–Kier alpha value is -5.03. The lowest BCUT2D eigenvalue weighted by Crippen LogP contribution is -2.12. The van der Waals surface area contributed by atoms with Crippen molar-refractivity contribution in [3.05, 3.63) is 101 Å². The highest BCUT2D eigenvalue weighted by molar-refractivity contribution is 9.10. The molecule has 0 aliphatic heterocycles. The molecule has 3 aromatic carbocycles. The molecule has 2 heterocycles. The molecule has 0 atom stereocenters. The molecule has 0 radical (unpaired) electrons. The summed E-state index contributed by atoms with van der Waals surface area (Å²) in [6, 6.07) is 22.6. The van der Waals surface area contributed by atoms with Crippen LogP contribution in [-0.4, -0.2) is 32.1 Å². The van der Waals surface area contributed by atoms with Gasteiger partial charge in [-0.25, -0.2) is 19.7 Å². The first kappa shape index (κ1) is 27.5. The zero-order chi connectivity index (χ0) is 28.9. The Kier molecular flexibility index (Phi) is 8.06. The first-order chi connectivity index (χ1) is 19.7. The Morgan fingerprint density at radius 1 is 0.878 bits per heavy atom. The third-order valence-corrected chi connectivity index (χ3v) is 6.57. The van der Waals surface area contributed by atoms with Crippen LogP contribution in [0, 0.1) is 0 Å². The maximum atomic E-state index is 13.1. The van der Waals surface area contributed by atoms with E-state index in [9.17, 15) is 9.59 Å². The van der Waals surface area contributed by atoms with Crippen LogP contribution in [0.4, 0.5) is 27.7 Å². The Bertz CT molecular complexity index is 1730. The number of hydrogen-bond donors (Lipinski definition) is 4. The molecule has 0 aliphatic rings. The largest absolute Gasteiger partial charge is 0.465 e. The van der Waals surface area contributed by atoms with Gasteiger partial charge in [-0.3, -0.25) is 10.1 Å². The number of benzene rings is 3. The Morgan fingerprint density at radius 3 is 2.29 bits per heavy atom. The molecule has 4 N–H and O–H groups in total. The predicted octanol–water partition coefficient (Wildman–Crippen LogP) is 7.79. The van der Waals surface area contributed by atoms with Gasteiger partial charge >= 0.3 is 6.09 Å². The van der Waals surface area contributed by atoms with Crippen LogP contribution in [0.15, 0.2) is 89.7 Å². The quantitative estimate of drug-likeness (QED) is 0.139. The topological polar surface area (TPSA) is 138 Å². The van der Waals surface area contributed by atoms with Gasteiger partial charge in [0.2, 0.25) is 0 Å².